The number of amides is 1. The SMILES string of the molecule is Cc1ccc([C@H](C)NC(=O)[C@H]2CCCN(S(=O)(=O)c3ccc(C)cc3)C2)cc1. The van der Waals surface area contributed by atoms with E-state index in [9.17, 15) is 13.2 Å². The number of piperidine rings is 1. The molecule has 0 aliphatic carbocycles. The molecule has 0 spiro atoms. The van der Waals surface area contributed by atoms with Gasteiger partial charge in [-0.2, -0.15) is 4.31 Å². The van der Waals surface area contributed by atoms with Gasteiger partial charge in [-0.25, -0.2) is 8.42 Å². The van der Waals surface area contributed by atoms with E-state index in [4.69, 9.17) is 0 Å². The van der Waals surface area contributed by atoms with Crippen LogP contribution in [0.3, 0.4) is 0 Å². The fraction of sp³-hybridized carbons (Fsp3) is 0.409. The van der Waals surface area contributed by atoms with Crippen molar-refractivity contribution in [2.75, 3.05) is 13.1 Å². The largest absolute Gasteiger partial charge is 0.349 e. The number of rotatable bonds is 5. The molecule has 1 aliphatic rings. The molecule has 28 heavy (non-hydrogen) atoms. The zero-order valence-corrected chi connectivity index (χ0v) is 17.5. The molecular weight excluding hydrogens is 372 g/mol. The molecule has 2 atom stereocenters. The van der Waals surface area contributed by atoms with Crippen LogP contribution in [0.2, 0.25) is 0 Å². The number of nitrogens with one attached hydrogen (secondary N) is 1. The normalized spacial score (nSPS) is 19.2. The van der Waals surface area contributed by atoms with Crippen molar-refractivity contribution in [3.05, 3.63) is 65.2 Å². The predicted octanol–water partition coefficient (Wildman–Crippen LogP) is 3.58. The molecule has 1 N–H and O–H groups in total. The van der Waals surface area contributed by atoms with Gasteiger partial charge in [0.05, 0.1) is 16.9 Å². The van der Waals surface area contributed by atoms with Gasteiger partial charge in [-0.1, -0.05) is 47.5 Å². The van der Waals surface area contributed by atoms with Crippen LogP contribution in [0.25, 0.3) is 0 Å². The molecule has 0 bridgehead atoms. The molecule has 0 aromatic heterocycles. The zero-order chi connectivity index (χ0) is 20.3. The second kappa shape index (κ2) is 8.45. The van der Waals surface area contributed by atoms with E-state index >= 15 is 0 Å². The molecule has 0 radical (unpaired) electrons. The molecule has 3 rings (SSSR count). The van der Waals surface area contributed by atoms with Crippen LogP contribution in [-0.4, -0.2) is 31.7 Å². The van der Waals surface area contributed by atoms with Gasteiger partial charge < -0.3 is 5.32 Å². The Bertz CT molecular complexity index is 921. The molecule has 1 heterocycles. The molecule has 1 amide bonds. The third-order valence-corrected chi connectivity index (χ3v) is 7.23. The molecule has 1 saturated heterocycles. The number of aryl methyl sites for hydroxylation is 2. The first-order valence-electron chi connectivity index (χ1n) is 9.71. The summed E-state index contributed by atoms with van der Waals surface area (Å²) in [5.41, 5.74) is 3.23. The second-order valence-corrected chi connectivity index (χ2v) is 9.59. The van der Waals surface area contributed by atoms with Gasteiger partial charge in [-0.05, 0) is 51.3 Å². The van der Waals surface area contributed by atoms with Crippen molar-refractivity contribution in [2.45, 2.75) is 44.6 Å². The number of benzene rings is 2. The van der Waals surface area contributed by atoms with E-state index in [1.54, 1.807) is 24.3 Å². The standard InChI is InChI=1S/C22H28N2O3S/c1-16-6-10-19(11-7-16)18(3)23-22(25)20-5-4-14-24(15-20)28(26,27)21-12-8-17(2)9-13-21/h6-13,18,20H,4-5,14-15H2,1-3H3,(H,23,25)/t18-,20-/m0/s1. The highest BCUT2D eigenvalue weighted by Gasteiger charge is 2.33. The summed E-state index contributed by atoms with van der Waals surface area (Å²) in [4.78, 5) is 13.1. The molecular formula is C22H28N2O3S. The second-order valence-electron chi connectivity index (χ2n) is 7.66. The number of nitrogens with zero attached hydrogens (tertiary/aromatic N) is 1. The first-order valence-corrected chi connectivity index (χ1v) is 11.1. The van der Waals surface area contributed by atoms with Gasteiger partial charge in [0, 0.05) is 13.1 Å². The molecule has 2 aromatic carbocycles. The fourth-order valence-electron chi connectivity index (χ4n) is 3.50. The molecule has 1 aliphatic heterocycles. The fourth-order valence-corrected chi connectivity index (χ4v) is 5.03. The van der Waals surface area contributed by atoms with Crippen molar-refractivity contribution < 1.29 is 13.2 Å². The highest BCUT2D eigenvalue weighted by Crippen LogP contribution is 2.25. The maximum Gasteiger partial charge on any atom is 0.243 e. The Morgan fingerprint density at radius 1 is 1.04 bits per heavy atom. The first-order chi connectivity index (χ1) is 13.3. The summed E-state index contributed by atoms with van der Waals surface area (Å²) in [6.45, 7) is 6.58. The van der Waals surface area contributed by atoms with Crippen molar-refractivity contribution in [2.24, 2.45) is 5.92 Å². The monoisotopic (exact) mass is 400 g/mol. The number of hydrogen-bond acceptors (Lipinski definition) is 3. The van der Waals surface area contributed by atoms with Crippen molar-refractivity contribution in [3.63, 3.8) is 0 Å². The van der Waals surface area contributed by atoms with E-state index < -0.39 is 10.0 Å². The number of carbonyl (C=O) groups is 1. The Labute approximate surface area is 167 Å². The van der Waals surface area contributed by atoms with Crippen LogP contribution < -0.4 is 5.32 Å². The molecule has 150 valence electrons. The van der Waals surface area contributed by atoms with Crippen LogP contribution in [0, 0.1) is 19.8 Å². The summed E-state index contributed by atoms with van der Waals surface area (Å²) in [7, 11) is -3.58. The van der Waals surface area contributed by atoms with E-state index in [0.29, 0.717) is 19.4 Å². The Kier molecular flexibility index (Phi) is 6.20. The number of hydrogen-bond donors (Lipinski definition) is 1. The van der Waals surface area contributed by atoms with Crippen LogP contribution in [-0.2, 0) is 14.8 Å². The van der Waals surface area contributed by atoms with Crippen LogP contribution in [0.15, 0.2) is 53.4 Å². The Morgan fingerprint density at radius 3 is 2.21 bits per heavy atom. The van der Waals surface area contributed by atoms with Crippen LogP contribution in [0.5, 0.6) is 0 Å². The minimum Gasteiger partial charge on any atom is -0.349 e. The van der Waals surface area contributed by atoms with Gasteiger partial charge in [0.2, 0.25) is 15.9 Å². The maximum absolute atomic E-state index is 12.9. The van der Waals surface area contributed by atoms with E-state index in [0.717, 1.165) is 11.1 Å². The first kappa shape index (κ1) is 20.6. The van der Waals surface area contributed by atoms with Gasteiger partial charge in [-0.15, -0.1) is 0 Å². The summed E-state index contributed by atoms with van der Waals surface area (Å²) >= 11 is 0. The number of sulfonamides is 1. The van der Waals surface area contributed by atoms with Gasteiger partial charge in [0.1, 0.15) is 0 Å². The Hall–Kier alpha value is -2.18. The van der Waals surface area contributed by atoms with Crippen LogP contribution >= 0.6 is 0 Å². The predicted molar refractivity (Wildman–Crippen MR) is 110 cm³/mol. The molecule has 5 nitrogen and oxygen atoms in total. The third-order valence-electron chi connectivity index (χ3n) is 5.35. The minimum atomic E-state index is -3.58. The van der Waals surface area contributed by atoms with E-state index in [1.807, 2.05) is 45.0 Å². The topological polar surface area (TPSA) is 66.5 Å². The highest BCUT2D eigenvalue weighted by molar-refractivity contribution is 7.89. The molecule has 0 unspecified atom stereocenters. The summed E-state index contributed by atoms with van der Waals surface area (Å²) in [6.07, 6.45) is 1.38. The molecule has 2 aromatic rings. The lowest BCUT2D eigenvalue weighted by Crippen LogP contribution is -2.45. The lowest BCUT2D eigenvalue weighted by Gasteiger charge is -2.32. The lowest BCUT2D eigenvalue weighted by molar-refractivity contribution is -0.126. The molecule has 1 fully saturated rings. The summed E-state index contributed by atoms with van der Waals surface area (Å²) in [5.74, 6) is -0.418. The van der Waals surface area contributed by atoms with E-state index in [1.165, 1.54) is 9.87 Å². The molecule has 6 heteroatoms. The molecule has 0 saturated carbocycles. The van der Waals surface area contributed by atoms with Gasteiger partial charge in [0.15, 0.2) is 0 Å². The van der Waals surface area contributed by atoms with E-state index in [-0.39, 0.29) is 29.3 Å². The zero-order valence-electron chi connectivity index (χ0n) is 16.7. The Morgan fingerprint density at radius 2 is 1.61 bits per heavy atom. The van der Waals surface area contributed by atoms with Crippen molar-refractivity contribution in [3.8, 4) is 0 Å². The summed E-state index contributed by atoms with van der Waals surface area (Å²) in [6, 6.07) is 14.8. The summed E-state index contributed by atoms with van der Waals surface area (Å²) in [5, 5.41) is 3.04. The van der Waals surface area contributed by atoms with Crippen LogP contribution in [0.4, 0.5) is 0 Å². The van der Waals surface area contributed by atoms with E-state index in [2.05, 4.69) is 5.32 Å². The highest BCUT2D eigenvalue weighted by atomic mass is 32.2. The average Bonchev–Trinajstić information content (AvgIpc) is 2.69. The average molecular weight is 401 g/mol. The van der Waals surface area contributed by atoms with Gasteiger partial charge in [0.25, 0.3) is 0 Å². The minimum absolute atomic E-state index is 0.0862. The van der Waals surface area contributed by atoms with Crippen LogP contribution in [0.1, 0.15) is 42.5 Å². The van der Waals surface area contributed by atoms with Gasteiger partial charge in [-0.3, -0.25) is 4.79 Å². The Balaban J connectivity index is 1.67. The van der Waals surface area contributed by atoms with Crippen molar-refractivity contribution >= 4 is 15.9 Å². The smallest absolute Gasteiger partial charge is 0.243 e. The van der Waals surface area contributed by atoms with Crippen molar-refractivity contribution in [1.29, 1.82) is 0 Å². The number of carbonyl (C=O) groups excluding carboxylic acids is 1. The van der Waals surface area contributed by atoms with Crippen molar-refractivity contribution in [1.82, 2.24) is 9.62 Å². The summed E-state index contributed by atoms with van der Waals surface area (Å²) < 4.78 is 27.3. The lowest BCUT2D eigenvalue weighted by atomic mass is 9.97. The third kappa shape index (κ3) is 4.62. The van der Waals surface area contributed by atoms with Gasteiger partial charge >= 0.3 is 0 Å². The quantitative estimate of drug-likeness (QED) is 0.834. The maximum atomic E-state index is 12.9.